The Kier molecular flexibility index (Phi) is 4.13. The van der Waals surface area contributed by atoms with Crippen LogP contribution in [0, 0.1) is 13.8 Å². The standard InChI is InChI=1S/C9H13BrN2O2/c1-6-7(2)14-9(12-6)5-11-8(13)3-4-10/h3-5H2,1-2H3,(H,11,13). The van der Waals surface area contributed by atoms with Gasteiger partial charge >= 0.3 is 0 Å². The first-order valence-corrected chi connectivity index (χ1v) is 5.51. The Morgan fingerprint density at radius 2 is 2.29 bits per heavy atom. The topological polar surface area (TPSA) is 55.1 Å². The fourth-order valence-electron chi connectivity index (χ4n) is 0.963. The Morgan fingerprint density at radius 3 is 2.79 bits per heavy atom. The maximum absolute atomic E-state index is 11.1. The van der Waals surface area contributed by atoms with Crippen molar-refractivity contribution in [2.45, 2.75) is 26.8 Å². The lowest BCUT2D eigenvalue weighted by Gasteiger charge is -1.99. The number of hydrogen-bond acceptors (Lipinski definition) is 3. The molecule has 14 heavy (non-hydrogen) atoms. The molecule has 0 atom stereocenters. The summed E-state index contributed by atoms with van der Waals surface area (Å²) in [6.07, 6.45) is 0.471. The number of aromatic nitrogens is 1. The fraction of sp³-hybridized carbons (Fsp3) is 0.556. The predicted octanol–water partition coefficient (Wildman–Crippen LogP) is 1.69. The van der Waals surface area contributed by atoms with Gasteiger partial charge in [0.05, 0.1) is 12.2 Å². The molecule has 0 aliphatic heterocycles. The molecule has 0 unspecified atom stereocenters. The molecular weight excluding hydrogens is 248 g/mol. The minimum Gasteiger partial charge on any atom is -0.444 e. The molecule has 1 aromatic heterocycles. The highest BCUT2D eigenvalue weighted by Crippen LogP contribution is 2.07. The molecule has 0 saturated carbocycles. The van der Waals surface area contributed by atoms with Gasteiger partial charge in [-0.15, -0.1) is 0 Å². The highest BCUT2D eigenvalue weighted by Gasteiger charge is 2.06. The van der Waals surface area contributed by atoms with E-state index >= 15 is 0 Å². The zero-order chi connectivity index (χ0) is 10.6. The van der Waals surface area contributed by atoms with E-state index in [4.69, 9.17) is 4.42 Å². The minimum absolute atomic E-state index is 0.00428. The number of carbonyl (C=O) groups excluding carboxylic acids is 1. The van der Waals surface area contributed by atoms with Crippen LogP contribution in [0.4, 0.5) is 0 Å². The molecule has 1 rings (SSSR count). The summed E-state index contributed by atoms with van der Waals surface area (Å²) < 4.78 is 5.31. The van der Waals surface area contributed by atoms with Crippen molar-refractivity contribution >= 4 is 21.8 Å². The first-order chi connectivity index (χ1) is 6.63. The van der Waals surface area contributed by atoms with Crippen LogP contribution in [0.2, 0.25) is 0 Å². The first kappa shape index (κ1) is 11.2. The second-order valence-electron chi connectivity index (χ2n) is 2.96. The summed E-state index contributed by atoms with van der Waals surface area (Å²) in [5, 5.41) is 3.38. The predicted molar refractivity (Wildman–Crippen MR) is 56.2 cm³/mol. The molecule has 5 heteroatoms. The van der Waals surface area contributed by atoms with Crippen molar-refractivity contribution in [1.82, 2.24) is 10.3 Å². The Hall–Kier alpha value is -0.840. The van der Waals surface area contributed by atoms with Gasteiger partial charge in [-0.05, 0) is 13.8 Å². The summed E-state index contributed by atoms with van der Waals surface area (Å²) in [7, 11) is 0. The molecule has 1 aromatic rings. The second kappa shape index (κ2) is 5.14. The summed E-state index contributed by atoms with van der Waals surface area (Å²) in [6, 6.07) is 0. The van der Waals surface area contributed by atoms with Crippen LogP contribution in [0.1, 0.15) is 23.8 Å². The molecule has 0 aliphatic rings. The molecule has 0 aliphatic carbocycles. The fourth-order valence-corrected chi connectivity index (χ4v) is 1.32. The molecule has 0 radical (unpaired) electrons. The summed E-state index contributed by atoms with van der Waals surface area (Å²) >= 11 is 3.19. The smallest absolute Gasteiger partial charge is 0.221 e. The van der Waals surface area contributed by atoms with E-state index in [2.05, 4.69) is 26.2 Å². The van der Waals surface area contributed by atoms with Crippen LogP contribution in [0.5, 0.6) is 0 Å². The zero-order valence-corrected chi connectivity index (χ0v) is 9.85. The van der Waals surface area contributed by atoms with E-state index < -0.39 is 0 Å². The number of hydrogen-bond donors (Lipinski definition) is 1. The van der Waals surface area contributed by atoms with E-state index in [9.17, 15) is 4.79 Å². The molecule has 0 saturated heterocycles. The summed E-state index contributed by atoms with van der Waals surface area (Å²) in [4.78, 5) is 15.2. The molecule has 0 fully saturated rings. The van der Waals surface area contributed by atoms with Crippen molar-refractivity contribution < 1.29 is 9.21 Å². The van der Waals surface area contributed by atoms with Gasteiger partial charge < -0.3 is 9.73 Å². The van der Waals surface area contributed by atoms with Crippen molar-refractivity contribution in [3.05, 3.63) is 17.3 Å². The van der Waals surface area contributed by atoms with E-state index in [0.717, 1.165) is 11.5 Å². The van der Waals surface area contributed by atoms with Crippen LogP contribution in [0.3, 0.4) is 0 Å². The third-order valence-corrected chi connectivity index (χ3v) is 2.23. The highest BCUT2D eigenvalue weighted by atomic mass is 79.9. The molecule has 1 heterocycles. The van der Waals surface area contributed by atoms with Crippen LogP contribution in [-0.4, -0.2) is 16.2 Å². The number of alkyl halides is 1. The van der Waals surface area contributed by atoms with E-state index in [1.807, 2.05) is 13.8 Å². The lowest BCUT2D eigenvalue weighted by molar-refractivity contribution is -0.120. The summed E-state index contributed by atoms with van der Waals surface area (Å²) in [5.41, 5.74) is 0.870. The normalized spacial score (nSPS) is 10.2. The van der Waals surface area contributed by atoms with Gasteiger partial charge in [-0.25, -0.2) is 4.98 Å². The van der Waals surface area contributed by atoms with Gasteiger partial charge in [0, 0.05) is 11.8 Å². The van der Waals surface area contributed by atoms with Gasteiger partial charge in [0.2, 0.25) is 11.8 Å². The first-order valence-electron chi connectivity index (χ1n) is 4.39. The lowest BCUT2D eigenvalue weighted by atomic mass is 10.4. The molecule has 0 bridgehead atoms. The van der Waals surface area contributed by atoms with Crippen molar-refractivity contribution in [2.75, 3.05) is 5.33 Å². The third kappa shape index (κ3) is 3.14. The van der Waals surface area contributed by atoms with Crippen LogP contribution in [-0.2, 0) is 11.3 Å². The molecule has 0 spiro atoms. The molecule has 1 amide bonds. The maximum atomic E-state index is 11.1. The third-order valence-electron chi connectivity index (χ3n) is 1.83. The Morgan fingerprint density at radius 1 is 1.57 bits per heavy atom. The number of oxazole rings is 1. The Labute approximate surface area is 91.2 Å². The largest absolute Gasteiger partial charge is 0.444 e. The number of nitrogens with one attached hydrogen (secondary N) is 1. The van der Waals surface area contributed by atoms with E-state index in [0.29, 0.717) is 24.2 Å². The molecular formula is C9H13BrN2O2. The molecule has 1 N–H and O–H groups in total. The van der Waals surface area contributed by atoms with E-state index in [-0.39, 0.29) is 5.91 Å². The van der Waals surface area contributed by atoms with Gasteiger partial charge in [-0.3, -0.25) is 4.79 Å². The van der Waals surface area contributed by atoms with Crippen molar-refractivity contribution in [3.8, 4) is 0 Å². The van der Waals surface area contributed by atoms with Gasteiger partial charge in [-0.1, -0.05) is 15.9 Å². The minimum atomic E-state index is -0.00428. The van der Waals surface area contributed by atoms with Crippen LogP contribution < -0.4 is 5.32 Å². The molecule has 0 aromatic carbocycles. The summed E-state index contributed by atoms with van der Waals surface area (Å²) in [5.74, 6) is 1.35. The Bertz CT molecular complexity index is 303. The van der Waals surface area contributed by atoms with E-state index in [1.54, 1.807) is 0 Å². The number of amides is 1. The maximum Gasteiger partial charge on any atom is 0.221 e. The van der Waals surface area contributed by atoms with Crippen molar-refractivity contribution in [3.63, 3.8) is 0 Å². The number of halogens is 1. The lowest BCUT2D eigenvalue weighted by Crippen LogP contribution is -2.22. The average molecular weight is 261 g/mol. The van der Waals surface area contributed by atoms with Crippen molar-refractivity contribution in [2.24, 2.45) is 0 Å². The average Bonchev–Trinajstić information content (AvgIpc) is 2.44. The highest BCUT2D eigenvalue weighted by molar-refractivity contribution is 9.09. The molecule has 4 nitrogen and oxygen atoms in total. The van der Waals surface area contributed by atoms with Crippen LogP contribution >= 0.6 is 15.9 Å². The Balaban J connectivity index is 2.42. The second-order valence-corrected chi connectivity index (χ2v) is 3.76. The SMILES string of the molecule is Cc1nc(CNC(=O)CCBr)oc1C. The van der Waals surface area contributed by atoms with Crippen molar-refractivity contribution in [1.29, 1.82) is 0 Å². The number of rotatable bonds is 4. The summed E-state index contributed by atoms with van der Waals surface area (Å²) in [6.45, 7) is 4.09. The quantitative estimate of drug-likeness (QED) is 0.839. The van der Waals surface area contributed by atoms with Gasteiger partial charge in [0.15, 0.2) is 0 Å². The van der Waals surface area contributed by atoms with Gasteiger partial charge in [0.1, 0.15) is 5.76 Å². The number of aryl methyl sites for hydroxylation is 2. The monoisotopic (exact) mass is 260 g/mol. The van der Waals surface area contributed by atoms with Gasteiger partial charge in [-0.2, -0.15) is 0 Å². The number of carbonyl (C=O) groups is 1. The van der Waals surface area contributed by atoms with E-state index in [1.165, 1.54) is 0 Å². The van der Waals surface area contributed by atoms with Crippen LogP contribution in [0.15, 0.2) is 4.42 Å². The molecule has 78 valence electrons. The zero-order valence-electron chi connectivity index (χ0n) is 8.26. The van der Waals surface area contributed by atoms with Crippen LogP contribution in [0.25, 0.3) is 0 Å². The van der Waals surface area contributed by atoms with Gasteiger partial charge in [0.25, 0.3) is 0 Å². The number of nitrogens with zero attached hydrogens (tertiary/aromatic N) is 1.